The van der Waals surface area contributed by atoms with Gasteiger partial charge in [-0.3, -0.25) is 4.99 Å². The van der Waals surface area contributed by atoms with E-state index < -0.39 is 0 Å². The van der Waals surface area contributed by atoms with Crippen molar-refractivity contribution in [3.8, 4) is 5.75 Å². The number of anilines is 1. The maximum atomic E-state index is 5.32. The molecule has 1 aromatic carbocycles. The van der Waals surface area contributed by atoms with Gasteiger partial charge in [0, 0.05) is 45.0 Å². The zero-order valence-electron chi connectivity index (χ0n) is 16.3. The fourth-order valence-corrected chi connectivity index (χ4v) is 3.08. The van der Waals surface area contributed by atoms with Crippen LogP contribution in [0.2, 0.25) is 0 Å². The number of benzene rings is 1. The van der Waals surface area contributed by atoms with Crippen LogP contribution >= 0.6 is 24.0 Å². The van der Waals surface area contributed by atoms with Crippen LogP contribution in [0.1, 0.15) is 18.1 Å². The molecule has 0 amide bonds. The summed E-state index contributed by atoms with van der Waals surface area (Å²) in [4.78, 5) is 6.69. The molecule has 1 aromatic heterocycles. The maximum Gasteiger partial charge on any atom is 0.191 e. The summed E-state index contributed by atoms with van der Waals surface area (Å²) >= 11 is 0. The quantitative estimate of drug-likeness (QED) is 0.382. The number of guanidine groups is 1. The number of ether oxygens (including phenoxy) is 1. The Morgan fingerprint density at radius 2 is 2.19 bits per heavy atom. The Bertz CT molecular complexity index is 777. The van der Waals surface area contributed by atoms with Crippen LogP contribution in [0.25, 0.3) is 0 Å². The van der Waals surface area contributed by atoms with Gasteiger partial charge in [0.2, 0.25) is 0 Å². The standard InChI is InChI=1S/C18H27N7O.HI/c1-13-22-23-17(24(13)3)11-20-18(19-2)21-14-8-9-25(12-14)15-6-5-7-16(10-15)26-4;/h5-7,10,14H,8-9,11-12H2,1-4H3,(H2,19,20,21);1H. The molecule has 2 aromatic rings. The van der Waals surface area contributed by atoms with E-state index in [9.17, 15) is 0 Å². The predicted molar refractivity (Wildman–Crippen MR) is 118 cm³/mol. The van der Waals surface area contributed by atoms with E-state index in [1.54, 1.807) is 14.2 Å². The minimum atomic E-state index is 0. The average molecular weight is 485 g/mol. The lowest BCUT2D eigenvalue weighted by molar-refractivity contribution is 0.415. The number of nitrogens with one attached hydrogen (secondary N) is 2. The Kier molecular flexibility index (Phi) is 7.69. The smallest absolute Gasteiger partial charge is 0.191 e. The van der Waals surface area contributed by atoms with Gasteiger partial charge < -0.3 is 24.8 Å². The predicted octanol–water partition coefficient (Wildman–Crippen LogP) is 1.69. The summed E-state index contributed by atoms with van der Waals surface area (Å²) in [6.45, 7) is 4.46. The minimum absolute atomic E-state index is 0. The van der Waals surface area contributed by atoms with Crippen molar-refractivity contribution >= 4 is 35.6 Å². The Balaban J connectivity index is 0.00000261. The minimum Gasteiger partial charge on any atom is -0.497 e. The topological polar surface area (TPSA) is 79.6 Å². The summed E-state index contributed by atoms with van der Waals surface area (Å²) in [6.07, 6.45) is 1.06. The van der Waals surface area contributed by atoms with Crippen molar-refractivity contribution in [2.24, 2.45) is 12.0 Å². The van der Waals surface area contributed by atoms with Gasteiger partial charge in [0.05, 0.1) is 13.7 Å². The zero-order valence-corrected chi connectivity index (χ0v) is 18.6. The second kappa shape index (κ2) is 9.77. The van der Waals surface area contributed by atoms with Crippen LogP contribution in [0.3, 0.4) is 0 Å². The molecule has 0 aliphatic carbocycles. The Labute approximate surface area is 177 Å². The van der Waals surface area contributed by atoms with Crippen molar-refractivity contribution in [3.63, 3.8) is 0 Å². The number of methoxy groups -OCH3 is 1. The van der Waals surface area contributed by atoms with E-state index in [2.05, 4.69) is 42.9 Å². The highest BCUT2D eigenvalue weighted by molar-refractivity contribution is 14.0. The second-order valence-electron chi connectivity index (χ2n) is 6.43. The third-order valence-corrected chi connectivity index (χ3v) is 4.77. The van der Waals surface area contributed by atoms with Crippen molar-refractivity contribution in [1.29, 1.82) is 0 Å². The fourth-order valence-electron chi connectivity index (χ4n) is 3.08. The summed E-state index contributed by atoms with van der Waals surface area (Å²) < 4.78 is 7.30. The maximum absolute atomic E-state index is 5.32. The molecule has 9 heteroatoms. The van der Waals surface area contributed by atoms with E-state index in [1.165, 1.54) is 5.69 Å². The first-order valence-corrected chi connectivity index (χ1v) is 8.81. The van der Waals surface area contributed by atoms with Crippen LogP contribution in [0.4, 0.5) is 5.69 Å². The summed E-state index contributed by atoms with van der Waals surface area (Å²) in [5, 5.41) is 15.1. The van der Waals surface area contributed by atoms with Crippen molar-refractivity contribution in [2.75, 3.05) is 32.1 Å². The lowest BCUT2D eigenvalue weighted by Crippen LogP contribution is -2.44. The number of halogens is 1. The van der Waals surface area contributed by atoms with Gasteiger partial charge >= 0.3 is 0 Å². The first-order valence-electron chi connectivity index (χ1n) is 8.81. The molecular weight excluding hydrogens is 457 g/mol. The third-order valence-electron chi connectivity index (χ3n) is 4.77. The number of aryl methyl sites for hydroxylation is 1. The van der Waals surface area contributed by atoms with Crippen molar-refractivity contribution < 1.29 is 4.74 Å². The molecule has 2 heterocycles. The summed E-state index contributed by atoms with van der Waals surface area (Å²) in [5.41, 5.74) is 1.19. The van der Waals surface area contributed by atoms with Gasteiger partial charge in [0.15, 0.2) is 11.8 Å². The van der Waals surface area contributed by atoms with Gasteiger partial charge in [-0.1, -0.05) is 6.07 Å². The number of nitrogens with zero attached hydrogens (tertiary/aromatic N) is 5. The van der Waals surface area contributed by atoms with Crippen LogP contribution in [-0.4, -0.2) is 54.0 Å². The largest absolute Gasteiger partial charge is 0.497 e. The van der Waals surface area contributed by atoms with E-state index in [0.717, 1.165) is 42.9 Å². The van der Waals surface area contributed by atoms with Crippen LogP contribution in [-0.2, 0) is 13.6 Å². The molecular formula is C18H28IN7O. The van der Waals surface area contributed by atoms with Gasteiger partial charge in [-0.25, -0.2) is 0 Å². The van der Waals surface area contributed by atoms with Crippen molar-refractivity contribution in [3.05, 3.63) is 35.9 Å². The van der Waals surface area contributed by atoms with Crippen LogP contribution < -0.4 is 20.3 Å². The van der Waals surface area contributed by atoms with E-state index in [4.69, 9.17) is 4.74 Å². The van der Waals surface area contributed by atoms with E-state index in [-0.39, 0.29) is 24.0 Å². The Morgan fingerprint density at radius 1 is 1.37 bits per heavy atom. The fraction of sp³-hybridized carbons (Fsp3) is 0.500. The molecule has 27 heavy (non-hydrogen) atoms. The van der Waals surface area contributed by atoms with Crippen molar-refractivity contribution in [1.82, 2.24) is 25.4 Å². The molecule has 3 rings (SSSR count). The molecule has 0 saturated carbocycles. The Hall–Kier alpha value is -2.04. The Morgan fingerprint density at radius 3 is 2.85 bits per heavy atom. The lowest BCUT2D eigenvalue weighted by Gasteiger charge is -2.20. The van der Waals surface area contributed by atoms with Crippen molar-refractivity contribution in [2.45, 2.75) is 25.9 Å². The zero-order chi connectivity index (χ0) is 18.5. The molecule has 0 bridgehead atoms. The first-order chi connectivity index (χ1) is 12.6. The SMILES string of the molecule is CN=C(NCc1nnc(C)n1C)NC1CCN(c2cccc(OC)c2)C1.I. The van der Waals surface area contributed by atoms with E-state index >= 15 is 0 Å². The third kappa shape index (κ3) is 5.24. The molecule has 148 valence electrons. The molecule has 2 N–H and O–H groups in total. The highest BCUT2D eigenvalue weighted by Gasteiger charge is 2.23. The van der Waals surface area contributed by atoms with Crippen LogP contribution in [0, 0.1) is 6.92 Å². The molecule has 1 aliphatic rings. The molecule has 1 saturated heterocycles. The van der Waals surface area contributed by atoms with E-state index in [0.29, 0.717) is 12.6 Å². The summed E-state index contributed by atoms with van der Waals surface area (Å²) in [5.74, 6) is 3.45. The molecule has 0 radical (unpaired) electrons. The number of rotatable bonds is 5. The lowest BCUT2D eigenvalue weighted by atomic mass is 10.2. The van der Waals surface area contributed by atoms with Gasteiger partial charge in [0.1, 0.15) is 11.6 Å². The highest BCUT2D eigenvalue weighted by atomic mass is 127. The molecule has 8 nitrogen and oxygen atoms in total. The molecule has 1 aliphatic heterocycles. The normalized spacial score (nSPS) is 16.8. The summed E-state index contributed by atoms with van der Waals surface area (Å²) in [6, 6.07) is 8.53. The number of hydrogen-bond donors (Lipinski definition) is 2. The van der Waals surface area contributed by atoms with Crippen LogP contribution in [0.5, 0.6) is 5.75 Å². The molecule has 0 spiro atoms. The second-order valence-corrected chi connectivity index (χ2v) is 6.43. The number of aromatic nitrogens is 3. The monoisotopic (exact) mass is 485 g/mol. The van der Waals surface area contributed by atoms with Gasteiger partial charge in [-0.05, 0) is 25.5 Å². The molecule has 1 fully saturated rings. The van der Waals surface area contributed by atoms with Gasteiger partial charge in [-0.2, -0.15) is 0 Å². The van der Waals surface area contributed by atoms with Gasteiger partial charge in [0.25, 0.3) is 0 Å². The average Bonchev–Trinajstić information content (AvgIpc) is 3.26. The van der Waals surface area contributed by atoms with Crippen LogP contribution in [0.15, 0.2) is 29.3 Å². The summed E-state index contributed by atoms with van der Waals surface area (Å²) in [7, 11) is 5.44. The first kappa shape index (κ1) is 21.3. The number of hydrogen-bond acceptors (Lipinski definition) is 5. The molecule has 1 unspecified atom stereocenters. The number of aliphatic imine (C=N–C) groups is 1. The molecule has 1 atom stereocenters. The highest BCUT2D eigenvalue weighted by Crippen LogP contribution is 2.24. The van der Waals surface area contributed by atoms with E-state index in [1.807, 2.05) is 30.7 Å². The van der Waals surface area contributed by atoms with Gasteiger partial charge in [-0.15, -0.1) is 34.2 Å².